The predicted octanol–water partition coefficient (Wildman–Crippen LogP) is 3.36. The van der Waals surface area contributed by atoms with Crippen LogP contribution >= 0.6 is 15.9 Å². The lowest BCUT2D eigenvalue weighted by Gasteiger charge is -2.21. The second-order valence-electron chi connectivity index (χ2n) is 6.92. The zero-order chi connectivity index (χ0) is 21.8. The number of nitrogens with one attached hydrogen (secondary N) is 2. The number of hydrogen-bond acceptors (Lipinski definition) is 5. The Labute approximate surface area is 186 Å². The highest BCUT2D eigenvalue weighted by atomic mass is 79.9. The second kappa shape index (κ2) is 9.23. The van der Waals surface area contributed by atoms with Gasteiger partial charge in [0, 0.05) is 23.7 Å². The monoisotopic (exact) mass is 481 g/mol. The Morgan fingerprint density at radius 1 is 1.16 bits per heavy atom. The van der Waals surface area contributed by atoms with E-state index in [0.717, 1.165) is 10.0 Å². The number of H-pyrrole nitrogens is 2. The molecule has 0 spiro atoms. The summed E-state index contributed by atoms with van der Waals surface area (Å²) >= 11 is 3.41. The Hall–Kier alpha value is -3.30. The van der Waals surface area contributed by atoms with Crippen molar-refractivity contribution >= 4 is 32.7 Å². The molecule has 1 amide bonds. The fraction of sp³-hybridized carbons (Fsp3) is 0.182. The summed E-state index contributed by atoms with van der Waals surface area (Å²) in [6.45, 7) is 0.810. The number of ether oxygens (including phenoxy) is 1. The molecular weight excluding hydrogens is 462 g/mol. The van der Waals surface area contributed by atoms with Crippen LogP contribution in [0.4, 0.5) is 0 Å². The van der Waals surface area contributed by atoms with Crippen molar-refractivity contribution in [2.24, 2.45) is 0 Å². The summed E-state index contributed by atoms with van der Waals surface area (Å²) in [5, 5.41) is 7.59. The van der Waals surface area contributed by atoms with Crippen LogP contribution < -0.4 is 5.56 Å². The van der Waals surface area contributed by atoms with E-state index in [4.69, 9.17) is 4.74 Å². The van der Waals surface area contributed by atoms with Gasteiger partial charge in [0.1, 0.15) is 11.5 Å². The van der Waals surface area contributed by atoms with Crippen molar-refractivity contribution in [1.82, 2.24) is 25.1 Å². The first-order valence-electron chi connectivity index (χ1n) is 9.62. The van der Waals surface area contributed by atoms with Crippen LogP contribution in [0.2, 0.25) is 0 Å². The van der Waals surface area contributed by atoms with E-state index < -0.39 is 0 Å². The summed E-state index contributed by atoms with van der Waals surface area (Å²) in [6, 6.07) is 16.5. The molecule has 9 heteroatoms. The SMILES string of the molecule is COCCN(Cc1nc2ccccc2c(=O)[nH]1)C(=O)c1cc(-c2ccc(Br)cc2)n[nH]1. The molecule has 0 aliphatic carbocycles. The Bertz CT molecular complexity index is 1270. The number of benzene rings is 2. The Kier molecular flexibility index (Phi) is 6.24. The van der Waals surface area contributed by atoms with Gasteiger partial charge < -0.3 is 14.6 Å². The van der Waals surface area contributed by atoms with Gasteiger partial charge in [0.15, 0.2) is 0 Å². The Morgan fingerprint density at radius 2 is 1.94 bits per heavy atom. The number of rotatable bonds is 7. The molecule has 2 aromatic heterocycles. The number of hydrogen-bond donors (Lipinski definition) is 2. The lowest BCUT2D eigenvalue weighted by molar-refractivity contribution is 0.0669. The molecular formula is C22H20BrN5O3. The van der Waals surface area contributed by atoms with Crippen molar-refractivity contribution in [2.75, 3.05) is 20.3 Å². The lowest BCUT2D eigenvalue weighted by Crippen LogP contribution is -2.35. The number of fused-ring (bicyclic) bond motifs is 1. The highest BCUT2D eigenvalue weighted by Crippen LogP contribution is 2.21. The highest BCUT2D eigenvalue weighted by molar-refractivity contribution is 9.10. The molecule has 4 rings (SSSR count). The van der Waals surface area contributed by atoms with Crippen molar-refractivity contribution in [3.63, 3.8) is 0 Å². The number of carbonyl (C=O) groups excluding carboxylic acids is 1. The molecule has 4 aromatic rings. The zero-order valence-corrected chi connectivity index (χ0v) is 18.3. The van der Waals surface area contributed by atoms with Crippen molar-refractivity contribution in [3.05, 3.63) is 80.9 Å². The lowest BCUT2D eigenvalue weighted by atomic mass is 10.1. The van der Waals surface area contributed by atoms with Gasteiger partial charge in [-0.2, -0.15) is 5.10 Å². The first-order chi connectivity index (χ1) is 15.0. The number of amides is 1. The third-order valence-electron chi connectivity index (χ3n) is 4.80. The summed E-state index contributed by atoms with van der Waals surface area (Å²) in [4.78, 5) is 34.4. The van der Waals surface area contributed by atoms with Gasteiger partial charge in [-0.1, -0.05) is 40.2 Å². The van der Waals surface area contributed by atoms with E-state index in [9.17, 15) is 9.59 Å². The molecule has 0 saturated carbocycles. The number of carbonyl (C=O) groups is 1. The molecule has 0 unspecified atom stereocenters. The van der Waals surface area contributed by atoms with E-state index in [1.54, 1.807) is 36.3 Å². The maximum absolute atomic E-state index is 13.2. The molecule has 0 atom stereocenters. The number of halogens is 1. The van der Waals surface area contributed by atoms with Gasteiger partial charge in [0.05, 0.1) is 29.7 Å². The van der Waals surface area contributed by atoms with Crippen LogP contribution in [0.25, 0.3) is 22.2 Å². The summed E-state index contributed by atoms with van der Waals surface area (Å²) < 4.78 is 6.12. The van der Waals surface area contributed by atoms with E-state index in [-0.39, 0.29) is 18.0 Å². The van der Waals surface area contributed by atoms with E-state index in [1.165, 1.54) is 0 Å². The average molecular weight is 482 g/mol. The summed E-state index contributed by atoms with van der Waals surface area (Å²) in [5.74, 6) is 0.143. The first-order valence-corrected chi connectivity index (χ1v) is 10.4. The molecule has 2 heterocycles. The third-order valence-corrected chi connectivity index (χ3v) is 5.33. The van der Waals surface area contributed by atoms with Crippen LogP contribution in [0.1, 0.15) is 16.3 Å². The molecule has 0 aliphatic heterocycles. The van der Waals surface area contributed by atoms with Crippen molar-refractivity contribution in [3.8, 4) is 11.3 Å². The topological polar surface area (TPSA) is 104 Å². The van der Waals surface area contributed by atoms with E-state index in [2.05, 4.69) is 36.1 Å². The summed E-state index contributed by atoms with van der Waals surface area (Å²) in [6.07, 6.45) is 0. The van der Waals surface area contributed by atoms with Gasteiger partial charge in [-0.25, -0.2) is 4.98 Å². The number of nitrogens with zero attached hydrogens (tertiary/aromatic N) is 3. The van der Waals surface area contributed by atoms with E-state index >= 15 is 0 Å². The maximum Gasteiger partial charge on any atom is 0.272 e. The maximum atomic E-state index is 13.2. The van der Waals surface area contributed by atoms with Crippen LogP contribution in [0, 0.1) is 0 Å². The first kappa shape index (κ1) is 21.0. The minimum Gasteiger partial charge on any atom is -0.383 e. The summed E-state index contributed by atoms with van der Waals surface area (Å²) in [5.41, 5.74) is 2.25. The molecule has 8 nitrogen and oxygen atoms in total. The molecule has 0 bridgehead atoms. The smallest absolute Gasteiger partial charge is 0.272 e. The van der Waals surface area contributed by atoms with E-state index in [1.807, 2.05) is 30.3 Å². The molecule has 2 N–H and O–H groups in total. The Morgan fingerprint density at radius 3 is 2.71 bits per heavy atom. The number of para-hydroxylation sites is 1. The van der Waals surface area contributed by atoms with Gasteiger partial charge >= 0.3 is 0 Å². The normalized spacial score (nSPS) is 11.0. The fourth-order valence-corrected chi connectivity index (χ4v) is 3.48. The second-order valence-corrected chi connectivity index (χ2v) is 7.84. The van der Waals surface area contributed by atoms with Gasteiger partial charge in [-0.15, -0.1) is 0 Å². The van der Waals surface area contributed by atoms with Crippen molar-refractivity contribution in [1.29, 1.82) is 0 Å². The van der Waals surface area contributed by atoms with Crippen molar-refractivity contribution in [2.45, 2.75) is 6.54 Å². The number of methoxy groups -OCH3 is 1. The quantitative estimate of drug-likeness (QED) is 0.421. The van der Waals surface area contributed by atoms with E-state index in [0.29, 0.717) is 41.3 Å². The average Bonchev–Trinajstić information content (AvgIpc) is 3.27. The molecule has 0 saturated heterocycles. The molecule has 0 radical (unpaired) electrons. The van der Waals surface area contributed by atoms with Gasteiger partial charge in [-0.3, -0.25) is 14.7 Å². The molecule has 2 aromatic carbocycles. The minimum absolute atomic E-state index is 0.134. The van der Waals surface area contributed by atoms with Gasteiger partial charge in [0.25, 0.3) is 11.5 Å². The zero-order valence-electron chi connectivity index (χ0n) is 16.8. The molecule has 31 heavy (non-hydrogen) atoms. The molecule has 0 aliphatic rings. The predicted molar refractivity (Wildman–Crippen MR) is 121 cm³/mol. The van der Waals surface area contributed by atoms with Crippen LogP contribution in [-0.4, -0.2) is 51.2 Å². The van der Waals surface area contributed by atoms with Crippen LogP contribution in [-0.2, 0) is 11.3 Å². The molecule has 158 valence electrons. The minimum atomic E-state index is -0.260. The number of aromatic amines is 2. The third kappa shape index (κ3) is 4.73. The van der Waals surface area contributed by atoms with Gasteiger partial charge in [-0.05, 0) is 30.3 Å². The van der Waals surface area contributed by atoms with Crippen LogP contribution in [0.3, 0.4) is 0 Å². The summed E-state index contributed by atoms with van der Waals surface area (Å²) in [7, 11) is 1.57. The highest BCUT2D eigenvalue weighted by Gasteiger charge is 2.20. The standard InChI is InChI=1S/C22H20BrN5O3/c1-31-11-10-28(13-20-24-17-5-3-2-4-16(17)21(29)25-20)22(30)19-12-18(26-27-19)14-6-8-15(23)9-7-14/h2-9,12H,10-11,13H2,1H3,(H,26,27)(H,24,25,29). The van der Waals surface area contributed by atoms with Crippen LogP contribution in [0.5, 0.6) is 0 Å². The van der Waals surface area contributed by atoms with Gasteiger partial charge in [0.2, 0.25) is 0 Å². The van der Waals surface area contributed by atoms with Crippen molar-refractivity contribution < 1.29 is 9.53 Å². The largest absolute Gasteiger partial charge is 0.383 e. The Balaban J connectivity index is 1.60. The van der Waals surface area contributed by atoms with Crippen LogP contribution in [0.15, 0.2) is 63.9 Å². The fourth-order valence-electron chi connectivity index (χ4n) is 3.21. The number of aromatic nitrogens is 4. The molecule has 0 fully saturated rings.